The molecule has 0 saturated heterocycles. The maximum Gasteiger partial charge on any atom is 0.201 e. The summed E-state index contributed by atoms with van der Waals surface area (Å²) >= 11 is 2.29. The van der Waals surface area contributed by atoms with E-state index >= 15 is 0 Å². The first-order valence-electron chi connectivity index (χ1n) is 6.62. The summed E-state index contributed by atoms with van der Waals surface area (Å²) in [5.41, 5.74) is 9.49. The summed E-state index contributed by atoms with van der Waals surface area (Å²) in [7, 11) is 0. The molecule has 102 valence electrons. The van der Waals surface area contributed by atoms with Gasteiger partial charge >= 0.3 is 0 Å². The van der Waals surface area contributed by atoms with Gasteiger partial charge in [0.1, 0.15) is 0 Å². The minimum atomic E-state index is 0.280. The van der Waals surface area contributed by atoms with E-state index in [1.54, 1.807) is 0 Å². The number of halogens is 1. The van der Waals surface area contributed by atoms with Gasteiger partial charge in [-0.25, -0.2) is 4.98 Å². The zero-order valence-electron chi connectivity index (χ0n) is 11.3. The molecule has 20 heavy (non-hydrogen) atoms. The third-order valence-electron chi connectivity index (χ3n) is 3.49. The standard InChI is InChI=1S/C16H16IN3/c1-11(9-12-5-3-2-4-6-12)20-15-8-7-13(17)10-14(15)19-16(20)18/h2-8,10-11H,9H2,1H3,(H2,18,19). The quantitative estimate of drug-likeness (QED) is 0.701. The summed E-state index contributed by atoms with van der Waals surface area (Å²) in [6, 6.07) is 17.0. The van der Waals surface area contributed by atoms with Crippen LogP contribution in [0.5, 0.6) is 0 Å². The van der Waals surface area contributed by atoms with Crippen LogP contribution in [-0.4, -0.2) is 9.55 Å². The Morgan fingerprint density at radius 3 is 2.70 bits per heavy atom. The monoisotopic (exact) mass is 377 g/mol. The van der Waals surface area contributed by atoms with Gasteiger partial charge in [-0.2, -0.15) is 0 Å². The van der Waals surface area contributed by atoms with Crippen LogP contribution in [0.25, 0.3) is 11.0 Å². The second kappa shape index (κ2) is 5.44. The third kappa shape index (κ3) is 2.52. The molecule has 0 bridgehead atoms. The molecule has 0 aliphatic heterocycles. The summed E-state index contributed by atoms with van der Waals surface area (Å²) in [5.74, 6) is 0.588. The highest BCUT2D eigenvalue weighted by molar-refractivity contribution is 14.1. The zero-order chi connectivity index (χ0) is 14.1. The van der Waals surface area contributed by atoms with Crippen molar-refractivity contribution in [2.45, 2.75) is 19.4 Å². The molecule has 0 amide bonds. The maximum atomic E-state index is 6.11. The number of nitrogens with zero attached hydrogens (tertiary/aromatic N) is 2. The van der Waals surface area contributed by atoms with E-state index in [0.717, 1.165) is 17.5 Å². The fourth-order valence-corrected chi connectivity index (χ4v) is 3.08. The van der Waals surface area contributed by atoms with Crippen LogP contribution in [0.15, 0.2) is 48.5 Å². The van der Waals surface area contributed by atoms with Gasteiger partial charge in [0.25, 0.3) is 0 Å². The lowest BCUT2D eigenvalue weighted by atomic mass is 10.1. The number of hydrogen-bond donors (Lipinski definition) is 1. The Labute approximate surface area is 132 Å². The fourth-order valence-electron chi connectivity index (χ4n) is 2.60. The smallest absolute Gasteiger partial charge is 0.201 e. The van der Waals surface area contributed by atoms with Crippen LogP contribution in [-0.2, 0) is 6.42 Å². The molecule has 1 atom stereocenters. The summed E-state index contributed by atoms with van der Waals surface area (Å²) < 4.78 is 3.30. The number of rotatable bonds is 3. The van der Waals surface area contributed by atoms with Crippen molar-refractivity contribution in [3.8, 4) is 0 Å². The molecule has 0 aliphatic carbocycles. The van der Waals surface area contributed by atoms with E-state index in [0.29, 0.717) is 5.95 Å². The summed E-state index contributed by atoms with van der Waals surface area (Å²) in [6.45, 7) is 2.18. The summed E-state index contributed by atoms with van der Waals surface area (Å²) in [4.78, 5) is 4.47. The zero-order valence-corrected chi connectivity index (χ0v) is 13.4. The largest absolute Gasteiger partial charge is 0.369 e. The van der Waals surface area contributed by atoms with Crippen LogP contribution in [0.4, 0.5) is 5.95 Å². The summed E-state index contributed by atoms with van der Waals surface area (Å²) in [5, 5.41) is 0. The van der Waals surface area contributed by atoms with Crippen LogP contribution >= 0.6 is 22.6 Å². The highest BCUT2D eigenvalue weighted by Crippen LogP contribution is 2.26. The SMILES string of the molecule is CC(Cc1ccccc1)n1c(N)nc2cc(I)ccc21. The number of nitrogen functional groups attached to an aromatic ring is 1. The predicted molar refractivity (Wildman–Crippen MR) is 91.7 cm³/mol. The fraction of sp³-hybridized carbons (Fsp3) is 0.188. The highest BCUT2D eigenvalue weighted by Gasteiger charge is 2.14. The average Bonchev–Trinajstić information content (AvgIpc) is 2.74. The molecule has 1 unspecified atom stereocenters. The molecule has 3 aromatic rings. The van der Waals surface area contributed by atoms with E-state index in [-0.39, 0.29) is 6.04 Å². The Bertz CT molecular complexity index is 734. The van der Waals surface area contributed by atoms with Crippen LogP contribution in [0.3, 0.4) is 0 Å². The molecule has 1 aromatic heterocycles. The van der Waals surface area contributed by atoms with Crippen molar-refractivity contribution >= 4 is 39.6 Å². The first-order chi connectivity index (χ1) is 9.65. The van der Waals surface area contributed by atoms with E-state index in [4.69, 9.17) is 5.73 Å². The van der Waals surface area contributed by atoms with Crippen LogP contribution in [0, 0.1) is 3.57 Å². The second-order valence-electron chi connectivity index (χ2n) is 5.01. The van der Waals surface area contributed by atoms with Crippen molar-refractivity contribution in [2.24, 2.45) is 0 Å². The van der Waals surface area contributed by atoms with E-state index in [2.05, 4.69) is 81.5 Å². The second-order valence-corrected chi connectivity index (χ2v) is 6.26. The van der Waals surface area contributed by atoms with Gasteiger partial charge < -0.3 is 10.3 Å². The molecule has 0 fully saturated rings. The van der Waals surface area contributed by atoms with E-state index in [9.17, 15) is 0 Å². The first kappa shape index (κ1) is 13.4. The highest BCUT2D eigenvalue weighted by atomic mass is 127. The molecule has 4 heteroatoms. The summed E-state index contributed by atoms with van der Waals surface area (Å²) in [6.07, 6.45) is 0.947. The van der Waals surface area contributed by atoms with Crippen LogP contribution in [0.2, 0.25) is 0 Å². The number of hydrogen-bond acceptors (Lipinski definition) is 2. The van der Waals surface area contributed by atoms with E-state index in [1.807, 2.05) is 6.07 Å². The Morgan fingerprint density at radius 1 is 1.20 bits per heavy atom. The number of imidazole rings is 1. The van der Waals surface area contributed by atoms with Gasteiger partial charge in [0.15, 0.2) is 0 Å². The predicted octanol–water partition coefficient (Wildman–Crippen LogP) is 4.03. The van der Waals surface area contributed by atoms with E-state index < -0.39 is 0 Å². The van der Waals surface area contributed by atoms with Gasteiger partial charge in [0.05, 0.1) is 11.0 Å². The molecule has 0 aliphatic rings. The van der Waals surface area contributed by atoms with E-state index in [1.165, 1.54) is 9.13 Å². The Hall–Kier alpha value is -1.56. The van der Waals surface area contributed by atoms with Crippen molar-refractivity contribution in [1.82, 2.24) is 9.55 Å². The third-order valence-corrected chi connectivity index (χ3v) is 4.16. The van der Waals surface area contributed by atoms with Crippen molar-refractivity contribution in [3.63, 3.8) is 0 Å². The van der Waals surface area contributed by atoms with Gasteiger partial charge in [-0.3, -0.25) is 0 Å². The molecule has 0 radical (unpaired) electrons. The Balaban J connectivity index is 1.99. The Kier molecular flexibility index (Phi) is 3.65. The van der Waals surface area contributed by atoms with Gasteiger partial charge in [-0.1, -0.05) is 30.3 Å². The normalized spacial score (nSPS) is 12.7. The minimum Gasteiger partial charge on any atom is -0.369 e. The average molecular weight is 377 g/mol. The molecule has 3 nitrogen and oxygen atoms in total. The molecule has 0 spiro atoms. The number of anilines is 1. The molecule has 2 N–H and O–H groups in total. The van der Waals surface area contributed by atoms with Gasteiger partial charge in [0.2, 0.25) is 5.95 Å². The van der Waals surface area contributed by atoms with Crippen molar-refractivity contribution in [1.29, 1.82) is 0 Å². The molecular formula is C16H16IN3. The van der Waals surface area contributed by atoms with Gasteiger partial charge in [-0.15, -0.1) is 0 Å². The first-order valence-corrected chi connectivity index (χ1v) is 7.70. The van der Waals surface area contributed by atoms with Gasteiger partial charge in [-0.05, 0) is 59.7 Å². The molecule has 3 rings (SSSR count). The topological polar surface area (TPSA) is 43.8 Å². The lowest BCUT2D eigenvalue weighted by Crippen LogP contribution is -2.11. The minimum absolute atomic E-state index is 0.280. The van der Waals surface area contributed by atoms with Crippen molar-refractivity contribution in [2.75, 3.05) is 5.73 Å². The lowest BCUT2D eigenvalue weighted by molar-refractivity contribution is 0.567. The van der Waals surface area contributed by atoms with Gasteiger partial charge in [0, 0.05) is 9.61 Å². The maximum absolute atomic E-state index is 6.11. The number of aromatic nitrogens is 2. The number of benzene rings is 2. The van der Waals surface area contributed by atoms with Crippen molar-refractivity contribution < 1.29 is 0 Å². The Morgan fingerprint density at radius 2 is 1.95 bits per heavy atom. The molecule has 2 aromatic carbocycles. The molecule has 0 saturated carbocycles. The van der Waals surface area contributed by atoms with Crippen LogP contribution in [0.1, 0.15) is 18.5 Å². The molecule has 1 heterocycles. The number of nitrogens with two attached hydrogens (primary N) is 1. The van der Waals surface area contributed by atoms with Crippen LogP contribution < -0.4 is 5.73 Å². The number of fused-ring (bicyclic) bond motifs is 1. The molecular weight excluding hydrogens is 361 g/mol. The lowest BCUT2D eigenvalue weighted by Gasteiger charge is -2.16. The van der Waals surface area contributed by atoms with Crippen molar-refractivity contribution in [3.05, 3.63) is 57.7 Å².